The molecule has 0 aromatic carbocycles. The monoisotopic (exact) mass is 286 g/mol. The molecule has 2 nitrogen and oxygen atoms in total. The molecule has 122 valence electrons. The number of unbranched alkanes of at least 4 members (excludes halogenated alkanes) is 12. The molecule has 20 heavy (non-hydrogen) atoms. The van der Waals surface area contributed by atoms with Crippen molar-refractivity contribution in [3.8, 4) is 0 Å². The Balaban J connectivity index is 2.96. The van der Waals surface area contributed by atoms with E-state index in [0.29, 0.717) is 6.61 Å². The number of rotatable bonds is 16. The Morgan fingerprint density at radius 2 is 0.950 bits per heavy atom. The lowest BCUT2D eigenvalue weighted by Gasteiger charge is -2.06. The van der Waals surface area contributed by atoms with Crippen LogP contribution >= 0.6 is 0 Å². The van der Waals surface area contributed by atoms with Gasteiger partial charge in [-0.3, -0.25) is 0 Å². The van der Waals surface area contributed by atoms with Gasteiger partial charge in [-0.1, -0.05) is 84.0 Å². The molecular weight excluding hydrogens is 248 g/mol. The van der Waals surface area contributed by atoms with Crippen molar-refractivity contribution in [3.05, 3.63) is 0 Å². The summed E-state index contributed by atoms with van der Waals surface area (Å²) in [5, 5.41) is 18.1. The minimum atomic E-state index is -0.0626. The Labute approximate surface area is 127 Å². The molecule has 2 heteroatoms. The van der Waals surface area contributed by atoms with Crippen LogP contribution < -0.4 is 0 Å². The molecule has 0 aliphatic carbocycles. The normalized spacial score (nSPS) is 12.8. The van der Waals surface area contributed by atoms with Crippen LogP contribution in [0.15, 0.2) is 0 Å². The van der Waals surface area contributed by atoms with Crippen LogP contribution in [0.25, 0.3) is 0 Å². The molecule has 0 saturated heterocycles. The second-order valence-electron chi connectivity index (χ2n) is 6.17. The van der Waals surface area contributed by atoms with Gasteiger partial charge in [0.25, 0.3) is 0 Å². The van der Waals surface area contributed by atoms with Gasteiger partial charge >= 0.3 is 0 Å². The minimum Gasteiger partial charge on any atom is -0.396 e. The van der Waals surface area contributed by atoms with Crippen LogP contribution in [0.2, 0.25) is 0 Å². The van der Waals surface area contributed by atoms with Crippen LogP contribution in [-0.2, 0) is 0 Å². The smallest absolute Gasteiger partial charge is 0.0537 e. The molecule has 0 heterocycles. The number of aliphatic hydroxyl groups is 2. The molecule has 0 aromatic heterocycles. The first-order valence-electron chi connectivity index (χ1n) is 9.10. The van der Waals surface area contributed by atoms with Gasteiger partial charge in [0.15, 0.2) is 0 Å². The van der Waals surface area contributed by atoms with E-state index >= 15 is 0 Å². The van der Waals surface area contributed by atoms with Crippen LogP contribution in [0.4, 0.5) is 0 Å². The third-order valence-electron chi connectivity index (χ3n) is 4.17. The van der Waals surface area contributed by atoms with Crippen molar-refractivity contribution in [1.29, 1.82) is 0 Å². The van der Waals surface area contributed by atoms with Gasteiger partial charge in [-0.2, -0.15) is 0 Å². The van der Waals surface area contributed by atoms with Crippen molar-refractivity contribution in [2.75, 3.05) is 6.61 Å². The second-order valence-corrected chi connectivity index (χ2v) is 6.17. The first-order valence-corrected chi connectivity index (χ1v) is 9.10. The third-order valence-corrected chi connectivity index (χ3v) is 4.17. The summed E-state index contributed by atoms with van der Waals surface area (Å²) in [5.41, 5.74) is 0. The Morgan fingerprint density at radius 1 is 0.600 bits per heavy atom. The molecule has 0 aromatic rings. The Kier molecular flexibility index (Phi) is 16.9. The number of aliphatic hydroxyl groups excluding tert-OH is 2. The largest absolute Gasteiger partial charge is 0.396 e. The van der Waals surface area contributed by atoms with Gasteiger partial charge in [-0.15, -0.1) is 0 Å². The molecule has 0 aliphatic rings. The maximum absolute atomic E-state index is 9.44. The van der Waals surface area contributed by atoms with Gasteiger partial charge in [-0.05, 0) is 19.3 Å². The average Bonchev–Trinajstić information content (AvgIpc) is 2.47. The highest BCUT2D eigenvalue weighted by molar-refractivity contribution is 4.53. The van der Waals surface area contributed by atoms with Gasteiger partial charge in [0.2, 0.25) is 0 Å². The topological polar surface area (TPSA) is 40.5 Å². The zero-order valence-corrected chi connectivity index (χ0v) is 13.8. The summed E-state index contributed by atoms with van der Waals surface area (Å²) in [4.78, 5) is 0. The fourth-order valence-corrected chi connectivity index (χ4v) is 2.64. The Morgan fingerprint density at radius 3 is 1.30 bits per heavy atom. The van der Waals surface area contributed by atoms with Crippen LogP contribution in [0.5, 0.6) is 0 Å². The van der Waals surface area contributed by atoms with Crippen LogP contribution in [-0.4, -0.2) is 22.9 Å². The summed E-state index contributed by atoms with van der Waals surface area (Å²) in [5.74, 6) is 0. The zero-order valence-electron chi connectivity index (χ0n) is 13.8. The summed E-state index contributed by atoms with van der Waals surface area (Å²) in [6.45, 7) is 2.41. The zero-order chi connectivity index (χ0) is 14.9. The summed E-state index contributed by atoms with van der Waals surface area (Å²) in [6.07, 6.45) is 18.8. The van der Waals surface area contributed by atoms with Crippen molar-refractivity contribution in [3.63, 3.8) is 0 Å². The van der Waals surface area contributed by atoms with Gasteiger partial charge in [-0.25, -0.2) is 0 Å². The van der Waals surface area contributed by atoms with Gasteiger partial charge < -0.3 is 10.2 Å². The molecule has 0 spiro atoms. The van der Waals surface area contributed by atoms with Crippen LogP contribution in [0.1, 0.15) is 103 Å². The predicted molar refractivity (Wildman–Crippen MR) is 88.0 cm³/mol. The van der Waals surface area contributed by atoms with Gasteiger partial charge in [0.05, 0.1) is 6.10 Å². The summed E-state index contributed by atoms with van der Waals surface area (Å²) in [7, 11) is 0. The lowest BCUT2D eigenvalue weighted by Crippen LogP contribution is -2.03. The molecule has 0 rings (SSSR count). The van der Waals surface area contributed by atoms with Crippen molar-refractivity contribution >= 4 is 0 Å². The molecule has 0 bridgehead atoms. The SMILES string of the molecule is CCC(O)CCCCCCCCCCCCCCCO. The lowest BCUT2D eigenvalue weighted by molar-refractivity contribution is 0.156. The number of hydrogen-bond donors (Lipinski definition) is 2. The highest BCUT2D eigenvalue weighted by Gasteiger charge is 1.99. The highest BCUT2D eigenvalue weighted by atomic mass is 16.3. The van der Waals surface area contributed by atoms with E-state index in [0.717, 1.165) is 19.3 Å². The van der Waals surface area contributed by atoms with Crippen molar-refractivity contribution in [2.45, 2.75) is 109 Å². The van der Waals surface area contributed by atoms with E-state index < -0.39 is 0 Å². The van der Waals surface area contributed by atoms with Crippen molar-refractivity contribution in [1.82, 2.24) is 0 Å². The van der Waals surface area contributed by atoms with Gasteiger partial charge in [0.1, 0.15) is 0 Å². The standard InChI is InChI=1S/C18H38O2/c1-2-18(20)16-14-12-10-8-6-4-3-5-7-9-11-13-15-17-19/h18-20H,2-17H2,1H3. The highest BCUT2D eigenvalue weighted by Crippen LogP contribution is 2.13. The lowest BCUT2D eigenvalue weighted by atomic mass is 10.0. The molecule has 2 N–H and O–H groups in total. The van der Waals surface area contributed by atoms with E-state index in [1.54, 1.807) is 0 Å². The minimum absolute atomic E-state index is 0.0626. The molecule has 0 radical (unpaired) electrons. The maximum Gasteiger partial charge on any atom is 0.0537 e. The van der Waals surface area contributed by atoms with E-state index in [1.165, 1.54) is 77.0 Å². The predicted octanol–water partition coefficient (Wildman–Crippen LogP) is 5.21. The van der Waals surface area contributed by atoms with Crippen LogP contribution in [0.3, 0.4) is 0 Å². The van der Waals surface area contributed by atoms with E-state index in [-0.39, 0.29) is 6.10 Å². The summed E-state index contributed by atoms with van der Waals surface area (Å²) < 4.78 is 0. The molecule has 1 unspecified atom stereocenters. The maximum atomic E-state index is 9.44. The summed E-state index contributed by atoms with van der Waals surface area (Å²) >= 11 is 0. The molecule has 0 fully saturated rings. The summed E-state index contributed by atoms with van der Waals surface area (Å²) in [6, 6.07) is 0. The van der Waals surface area contributed by atoms with E-state index in [4.69, 9.17) is 5.11 Å². The Hall–Kier alpha value is -0.0800. The average molecular weight is 286 g/mol. The molecule has 0 saturated carbocycles. The fourth-order valence-electron chi connectivity index (χ4n) is 2.64. The van der Waals surface area contributed by atoms with E-state index in [1.807, 2.05) is 0 Å². The second kappa shape index (κ2) is 17.0. The molecule has 0 aliphatic heterocycles. The fraction of sp³-hybridized carbons (Fsp3) is 1.00. The molecular formula is C18H38O2. The van der Waals surface area contributed by atoms with Crippen LogP contribution in [0, 0.1) is 0 Å². The van der Waals surface area contributed by atoms with E-state index in [9.17, 15) is 5.11 Å². The van der Waals surface area contributed by atoms with Crippen molar-refractivity contribution in [2.24, 2.45) is 0 Å². The first-order chi connectivity index (χ1) is 9.81. The quantitative estimate of drug-likeness (QED) is 0.382. The van der Waals surface area contributed by atoms with Gasteiger partial charge in [0, 0.05) is 6.61 Å². The Bertz CT molecular complexity index is 171. The van der Waals surface area contributed by atoms with E-state index in [2.05, 4.69) is 6.92 Å². The first kappa shape index (κ1) is 19.9. The van der Waals surface area contributed by atoms with Crippen molar-refractivity contribution < 1.29 is 10.2 Å². The number of hydrogen-bond acceptors (Lipinski definition) is 2. The third kappa shape index (κ3) is 16.0. The molecule has 1 atom stereocenters. The molecule has 0 amide bonds.